The summed E-state index contributed by atoms with van der Waals surface area (Å²) in [6.07, 6.45) is 22.3. The number of halogens is 4. The van der Waals surface area contributed by atoms with Crippen LogP contribution in [0.1, 0.15) is 67.2 Å². The van der Waals surface area contributed by atoms with E-state index in [0.29, 0.717) is 0 Å². The van der Waals surface area contributed by atoms with Crippen molar-refractivity contribution in [2.24, 2.45) is 0 Å². The molecule has 0 saturated heterocycles. The molecular formula is C28H38Cl4Zr2-4. The van der Waals surface area contributed by atoms with E-state index in [1.807, 2.05) is 24.3 Å². The molecule has 0 spiro atoms. The predicted octanol–water partition coefficient (Wildman–Crippen LogP) is 3.99. The molecule has 0 amide bonds. The van der Waals surface area contributed by atoms with Crippen LogP contribution in [0.4, 0.5) is 0 Å². The minimum Gasteiger partial charge on any atom is 2.00 e. The minimum absolute atomic E-state index is 0. The van der Waals surface area contributed by atoms with Crippen molar-refractivity contribution < 1.29 is 71.9 Å². The van der Waals surface area contributed by atoms with Crippen LogP contribution in [0, 0.1) is 27.0 Å². The largest absolute Gasteiger partial charge is 2.00 e. The van der Waals surface area contributed by atoms with Crippen LogP contribution in [0.5, 0.6) is 0 Å². The Kier molecular flexibility index (Phi) is 33.6. The van der Waals surface area contributed by atoms with Crippen molar-refractivity contribution in [3.8, 4) is 0 Å². The molecule has 0 aromatic heterocycles. The molecule has 0 saturated carbocycles. The van der Waals surface area contributed by atoms with Gasteiger partial charge in [0.15, 0.2) is 0 Å². The van der Waals surface area contributed by atoms with Gasteiger partial charge >= 0.3 is 64.1 Å². The van der Waals surface area contributed by atoms with E-state index in [-0.39, 0.29) is 65.9 Å². The van der Waals surface area contributed by atoms with Crippen LogP contribution >= 0.6 is 17.0 Å². The van der Waals surface area contributed by atoms with Crippen molar-refractivity contribution >= 4 is 17.0 Å². The van der Waals surface area contributed by atoms with Gasteiger partial charge in [0.05, 0.1) is 0 Å². The van der Waals surface area contributed by atoms with E-state index in [4.69, 9.17) is 17.0 Å². The van der Waals surface area contributed by atoms with Crippen LogP contribution in [0.3, 0.4) is 0 Å². The van der Waals surface area contributed by atoms with Gasteiger partial charge in [-0.2, -0.15) is 12.2 Å². The number of allylic oxidation sites excluding steroid dienone is 16. The Morgan fingerprint density at radius 2 is 0.941 bits per heavy atom. The average molecular weight is 699 g/mol. The quantitative estimate of drug-likeness (QED) is 0.364. The predicted molar refractivity (Wildman–Crippen MR) is 139 cm³/mol. The molecule has 0 heterocycles. The fraction of sp³-hybridized carbons (Fsp3) is 0.357. The maximum atomic E-state index is 4.93. The second kappa shape index (κ2) is 25.5. The zero-order valence-corrected chi connectivity index (χ0v) is 29.7. The van der Waals surface area contributed by atoms with Gasteiger partial charge in [0.25, 0.3) is 0 Å². The monoisotopic (exact) mass is 694 g/mol. The van der Waals surface area contributed by atoms with E-state index in [2.05, 4.69) is 65.8 Å². The summed E-state index contributed by atoms with van der Waals surface area (Å²) in [4.78, 5) is 0. The molecule has 0 N–H and O–H groups in total. The molecule has 6 heteroatoms. The van der Waals surface area contributed by atoms with Crippen LogP contribution in [0.2, 0.25) is 0 Å². The van der Waals surface area contributed by atoms with Crippen molar-refractivity contribution in [3.05, 3.63) is 108 Å². The maximum absolute atomic E-state index is 4.93. The van der Waals surface area contributed by atoms with E-state index in [1.165, 1.54) is 35.1 Å². The Morgan fingerprint density at radius 3 is 1.06 bits per heavy atom. The van der Waals surface area contributed by atoms with Gasteiger partial charge in [-0.05, 0) is 87.8 Å². The average Bonchev–Trinajstić information content (AvgIpc) is 3.50. The first-order chi connectivity index (χ1) is 13.8. The molecule has 0 atom stereocenters. The van der Waals surface area contributed by atoms with Crippen molar-refractivity contribution in [2.75, 3.05) is 0 Å². The summed E-state index contributed by atoms with van der Waals surface area (Å²) in [6, 6.07) is 0. The first kappa shape index (κ1) is 44.8. The van der Waals surface area contributed by atoms with E-state index >= 15 is 0 Å². The molecule has 0 aromatic rings. The molecule has 0 fully saturated rings. The van der Waals surface area contributed by atoms with Gasteiger partial charge in [-0.1, -0.05) is 11.1 Å². The number of hydrogen-bond acceptors (Lipinski definition) is 0. The summed E-state index contributed by atoms with van der Waals surface area (Å²) in [5.74, 6) is 0. The summed E-state index contributed by atoms with van der Waals surface area (Å²) < 4.78 is 0. The molecular weight excluding hydrogens is 661 g/mol. The summed E-state index contributed by atoms with van der Waals surface area (Å²) in [7, 11) is 9.87. The zero-order valence-electron chi connectivity index (χ0n) is 21.8. The first-order valence-corrected chi connectivity index (χ1v) is 16.3. The van der Waals surface area contributed by atoms with Crippen LogP contribution in [0.25, 0.3) is 0 Å². The zero-order chi connectivity index (χ0) is 21.8. The molecule has 4 aliphatic carbocycles. The number of rotatable bonds is 1. The summed E-state index contributed by atoms with van der Waals surface area (Å²) in [6.45, 7) is 13.6. The SMILES string of the molecule is CC1=C(C)C(C)=C(C2=C(C)C(C)=C(C)C2)C1.[C-]1=CC=CC1.[C-]1=CC=CC1.[CH3-].[CH3-].[Cl-].[Cl-].[Cl][Zr][Cl].[Zr+2]. The molecule has 4 aliphatic rings. The molecule has 0 unspecified atom stereocenters. The molecule has 190 valence electrons. The topological polar surface area (TPSA) is 0 Å². The summed E-state index contributed by atoms with van der Waals surface area (Å²) in [5, 5.41) is 0. The Morgan fingerprint density at radius 1 is 0.647 bits per heavy atom. The standard InChI is InChI=1S/C16H22.2C5H5.2CH3.4ClH.2Zr/c1-9-7-15(13(5)11(9)3)16-8-10(2)12(4)14(16)6;2*1-2-4-5-3-1;;;;;;;;/h7-8H2,1-6H3;2*1-3H,4H2;2*1H3;4*1H;;/q;4*-1;;;;;2*+2/p-4. The van der Waals surface area contributed by atoms with Gasteiger partial charge in [0, 0.05) is 0 Å². The van der Waals surface area contributed by atoms with Crippen molar-refractivity contribution in [1.29, 1.82) is 0 Å². The van der Waals surface area contributed by atoms with Crippen LogP contribution < -0.4 is 24.8 Å². The second-order valence-corrected chi connectivity index (χ2v) is 11.2. The van der Waals surface area contributed by atoms with Gasteiger partial charge < -0.3 is 39.7 Å². The maximum Gasteiger partial charge on any atom is 2.00 e. The van der Waals surface area contributed by atoms with Gasteiger partial charge in [0.2, 0.25) is 0 Å². The third-order valence-corrected chi connectivity index (χ3v) is 5.73. The Labute approximate surface area is 261 Å². The molecule has 4 rings (SSSR count). The van der Waals surface area contributed by atoms with Crippen molar-refractivity contribution in [1.82, 2.24) is 0 Å². The smallest absolute Gasteiger partial charge is 2.00 e. The third kappa shape index (κ3) is 15.2. The summed E-state index contributed by atoms with van der Waals surface area (Å²) >= 11 is -0.826. The fourth-order valence-electron chi connectivity index (χ4n) is 3.50. The molecule has 0 radical (unpaired) electrons. The Bertz CT molecular complexity index is 735. The van der Waals surface area contributed by atoms with E-state index in [9.17, 15) is 0 Å². The van der Waals surface area contributed by atoms with Gasteiger partial charge in [-0.3, -0.25) is 12.2 Å². The van der Waals surface area contributed by atoms with Crippen LogP contribution in [0.15, 0.2) is 81.0 Å². The van der Waals surface area contributed by atoms with Crippen LogP contribution in [-0.2, 0) is 47.1 Å². The van der Waals surface area contributed by atoms with Crippen molar-refractivity contribution in [3.63, 3.8) is 0 Å². The van der Waals surface area contributed by atoms with E-state index < -0.39 is 20.8 Å². The Hall–Kier alpha value is 0.846. The summed E-state index contributed by atoms with van der Waals surface area (Å²) in [5.41, 5.74) is 12.4. The van der Waals surface area contributed by atoms with Gasteiger partial charge in [-0.25, -0.2) is 24.3 Å². The fourth-order valence-corrected chi connectivity index (χ4v) is 3.50. The molecule has 0 aromatic carbocycles. The third-order valence-electron chi connectivity index (χ3n) is 5.73. The van der Waals surface area contributed by atoms with E-state index in [0.717, 1.165) is 12.8 Å². The van der Waals surface area contributed by atoms with E-state index in [1.54, 1.807) is 22.3 Å². The molecule has 0 aliphatic heterocycles. The van der Waals surface area contributed by atoms with Crippen LogP contribution in [-0.4, -0.2) is 0 Å². The molecule has 0 bridgehead atoms. The second-order valence-electron chi connectivity index (χ2n) is 7.45. The normalized spacial score (nSPS) is 16.0. The Balaban J connectivity index is -0.000000131. The minimum atomic E-state index is -0.826. The molecule has 34 heavy (non-hydrogen) atoms. The number of hydrogen-bond donors (Lipinski definition) is 0. The first-order valence-electron chi connectivity index (χ1n) is 9.98. The van der Waals surface area contributed by atoms with Gasteiger partial charge in [-0.15, -0.1) is 12.8 Å². The molecule has 0 nitrogen and oxygen atoms in total. The van der Waals surface area contributed by atoms with Crippen molar-refractivity contribution in [2.45, 2.75) is 67.2 Å². The van der Waals surface area contributed by atoms with Gasteiger partial charge in [0.1, 0.15) is 0 Å².